The molecule has 6 nitrogen and oxygen atoms in total. The number of pyridine rings is 1. The van der Waals surface area contributed by atoms with Crippen LogP contribution in [0.4, 0.5) is 5.69 Å². The number of aromatic nitrogens is 1. The zero-order chi connectivity index (χ0) is 17.6. The van der Waals surface area contributed by atoms with Gasteiger partial charge in [-0.05, 0) is 36.8 Å². The molecule has 0 saturated carbocycles. The summed E-state index contributed by atoms with van der Waals surface area (Å²) in [6, 6.07) is 12.5. The van der Waals surface area contributed by atoms with E-state index in [9.17, 15) is 9.59 Å². The molecule has 1 aromatic carbocycles. The lowest BCUT2D eigenvalue weighted by atomic mass is 10.1. The third-order valence-corrected chi connectivity index (χ3v) is 3.80. The maximum Gasteiger partial charge on any atom is 0.336 e. The molecule has 0 radical (unpaired) electrons. The summed E-state index contributed by atoms with van der Waals surface area (Å²) in [6.45, 7) is 2.71. The first-order chi connectivity index (χ1) is 12.1. The van der Waals surface area contributed by atoms with Crippen molar-refractivity contribution in [1.29, 1.82) is 0 Å². The number of benzene rings is 1. The van der Waals surface area contributed by atoms with E-state index in [0.29, 0.717) is 17.8 Å². The van der Waals surface area contributed by atoms with E-state index < -0.39 is 5.63 Å². The van der Waals surface area contributed by atoms with E-state index in [0.717, 1.165) is 23.1 Å². The number of nitrogens with one attached hydrogen (secondary N) is 2. The molecule has 0 bridgehead atoms. The fourth-order valence-electron chi connectivity index (χ4n) is 2.57. The highest BCUT2D eigenvalue weighted by Gasteiger charge is 2.06. The summed E-state index contributed by atoms with van der Waals surface area (Å²) >= 11 is 0. The van der Waals surface area contributed by atoms with Crippen LogP contribution in [-0.4, -0.2) is 24.0 Å². The highest BCUT2D eigenvalue weighted by atomic mass is 16.4. The normalized spacial score (nSPS) is 10.8. The molecule has 1 amide bonds. The van der Waals surface area contributed by atoms with E-state index in [2.05, 4.69) is 15.6 Å². The van der Waals surface area contributed by atoms with Crippen LogP contribution in [0.5, 0.6) is 0 Å². The van der Waals surface area contributed by atoms with Gasteiger partial charge < -0.3 is 15.1 Å². The van der Waals surface area contributed by atoms with Crippen molar-refractivity contribution in [2.75, 3.05) is 18.4 Å². The number of carbonyl (C=O) groups excluding carboxylic acids is 1. The number of amides is 1. The third-order valence-electron chi connectivity index (χ3n) is 3.80. The summed E-state index contributed by atoms with van der Waals surface area (Å²) in [5.74, 6) is -0.157. The van der Waals surface area contributed by atoms with Crippen molar-refractivity contribution >= 4 is 22.6 Å². The van der Waals surface area contributed by atoms with Crippen LogP contribution in [0.15, 0.2) is 57.9 Å². The number of rotatable bonds is 6. The van der Waals surface area contributed by atoms with Gasteiger partial charge in [0.1, 0.15) is 5.58 Å². The number of nitrogens with zero attached hydrogens (tertiary/aromatic N) is 1. The SMILES string of the molecule is Cc1cc(=O)oc2cc(NC(=O)CNCCc3ccccn3)ccc12. The van der Waals surface area contributed by atoms with Crippen molar-refractivity contribution in [2.45, 2.75) is 13.3 Å². The lowest BCUT2D eigenvalue weighted by Crippen LogP contribution is -2.29. The largest absolute Gasteiger partial charge is 0.423 e. The van der Waals surface area contributed by atoms with Crippen LogP contribution in [0, 0.1) is 6.92 Å². The summed E-state index contributed by atoms with van der Waals surface area (Å²) in [4.78, 5) is 27.7. The average Bonchev–Trinajstić information content (AvgIpc) is 2.59. The fourth-order valence-corrected chi connectivity index (χ4v) is 2.57. The standard InChI is InChI=1S/C19H19N3O3/c1-13-10-19(24)25-17-11-15(5-6-16(13)17)22-18(23)12-20-9-7-14-4-2-3-8-21-14/h2-6,8,10-11,20H,7,9,12H2,1H3,(H,22,23). The minimum Gasteiger partial charge on any atom is -0.423 e. The molecular weight excluding hydrogens is 318 g/mol. The number of hydrogen-bond donors (Lipinski definition) is 2. The van der Waals surface area contributed by atoms with Crippen molar-refractivity contribution in [2.24, 2.45) is 0 Å². The molecule has 0 aliphatic carbocycles. The van der Waals surface area contributed by atoms with Gasteiger partial charge in [-0.1, -0.05) is 6.07 Å². The number of hydrogen-bond acceptors (Lipinski definition) is 5. The molecule has 2 N–H and O–H groups in total. The van der Waals surface area contributed by atoms with Gasteiger partial charge in [0.25, 0.3) is 0 Å². The quantitative estimate of drug-likeness (QED) is 0.532. The van der Waals surface area contributed by atoms with E-state index in [1.807, 2.05) is 31.2 Å². The van der Waals surface area contributed by atoms with Crippen LogP contribution < -0.4 is 16.3 Å². The van der Waals surface area contributed by atoms with Crippen LogP contribution in [0.2, 0.25) is 0 Å². The van der Waals surface area contributed by atoms with Crippen LogP contribution in [0.25, 0.3) is 11.0 Å². The molecule has 25 heavy (non-hydrogen) atoms. The molecule has 0 aliphatic rings. The van der Waals surface area contributed by atoms with Crippen molar-refractivity contribution in [1.82, 2.24) is 10.3 Å². The zero-order valence-corrected chi connectivity index (χ0v) is 13.9. The second kappa shape index (κ2) is 7.72. The highest BCUT2D eigenvalue weighted by Crippen LogP contribution is 2.20. The molecule has 3 aromatic rings. The molecule has 0 fully saturated rings. The lowest BCUT2D eigenvalue weighted by Gasteiger charge is -2.08. The molecule has 2 heterocycles. The molecule has 0 spiro atoms. The Morgan fingerprint density at radius 3 is 2.88 bits per heavy atom. The van der Waals surface area contributed by atoms with Gasteiger partial charge in [0, 0.05) is 48.1 Å². The predicted octanol–water partition coefficient (Wildman–Crippen LogP) is 2.27. The van der Waals surface area contributed by atoms with Gasteiger partial charge in [0.05, 0.1) is 6.54 Å². The monoisotopic (exact) mass is 337 g/mol. The predicted molar refractivity (Wildman–Crippen MR) is 96.7 cm³/mol. The van der Waals surface area contributed by atoms with Crippen molar-refractivity contribution in [3.8, 4) is 0 Å². The smallest absolute Gasteiger partial charge is 0.336 e. The van der Waals surface area contributed by atoms with Crippen molar-refractivity contribution in [3.05, 3.63) is 70.3 Å². The van der Waals surface area contributed by atoms with E-state index in [1.165, 1.54) is 6.07 Å². The molecule has 2 aromatic heterocycles. The summed E-state index contributed by atoms with van der Waals surface area (Å²) in [6.07, 6.45) is 2.51. The highest BCUT2D eigenvalue weighted by molar-refractivity contribution is 5.94. The summed E-state index contributed by atoms with van der Waals surface area (Å²) < 4.78 is 5.18. The Labute approximate surface area is 144 Å². The minimum absolute atomic E-state index is 0.157. The molecule has 0 unspecified atom stereocenters. The van der Waals surface area contributed by atoms with Crippen molar-refractivity contribution in [3.63, 3.8) is 0 Å². The Morgan fingerprint density at radius 1 is 1.20 bits per heavy atom. The average molecular weight is 337 g/mol. The summed E-state index contributed by atoms with van der Waals surface area (Å²) in [5.41, 5.74) is 2.49. The second-order valence-electron chi connectivity index (χ2n) is 5.76. The Hall–Kier alpha value is -2.99. The number of carbonyl (C=O) groups is 1. The Bertz CT molecular complexity index is 936. The topological polar surface area (TPSA) is 84.2 Å². The number of anilines is 1. The van der Waals surface area contributed by atoms with Gasteiger partial charge in [-0.15, -0.1) is 0 Å². The van der Waals surface area contributed by atoms with E-state index in [-0.39, 0.29) is 12.5 Å². The fraction of sp³-hybridized carbons (Fsp3) is 0.211. The van der Waals surface area contributed by atoms with E-state index in [4.69, 9.17) is 4.42 Å². The van der Waals surface area contributed by atoms with Gasteiger partial charge in [-0.2, -0.15) is 0 Å². The van der Waals surface area contributed by atoms with Crippen LogP contribution in [-0.2, 0) is 11.2 Å². The molecule has 128 valence electrons. The van der Waals surface area contributed by atoms with Gasteiger partial charge in [0.2, 0.25) is 5.91 Å². The van der Waals surface area contributed by atoms with E-state index in [1.54, 1.807) is 18.3 Å². The molecule has 6 heteroatoms. The van der Waals surface area contributed by atoms with Crippen LogP contribution >= 0.6 is 0 Å². The van der Waals surface area contributed by atoms with Gasteiger partial charge in [0.15, 0.2) is 0 Å². The minimum atomic E-state index is -0.398. The first-order valence-electron chi connectivity index (χ1n) is 8.07. The van der Waals surface area contributed by atoms with Crippen LogP contribution in [0.3, 0.4) is 0 Å². The van der Waals surface area contributed by atoms with Gasteiger partial charge in [-0.25, -0.2) is 4.79 Å². The lowest BCUT2D eigenvalue weighted by molar-refractivity contribution is -0.115. The third kappa shape index (κ3) is 4.51. The molecule has 0 saturated heterocycles. The Kier molecular flexibility index (Phi) is 5.20. The number of aryl methyl sites for hydroxylation is 1. The molecule has 0 atom stereocenters. The molecule has 0 aliphatic heterocycles. The van der Waals surface area contributed by atoms with Crippen molar-refractivity contribution < 1.29 is 9.21 Å². The first-order valence-corrected chi connectivity index (χ1v) is 8.07. The molecular formula is C19H19N3O3. The molecule has 3 rings (SSSR count). The zero-order valence-electron chi connectivity index (χ0n) is 13.9. The van der Waals surface area contributed by atoms with Crippen LogP contribution in [0.1, 0.15) is 11.3 Å². The Morgan fingerprint density at radius 2 is 2.08 bits per heavy atom. The number of fused-ring (bicyclic) bond motifs is 1. The summed E-state index contributed by atoms with van der Waals surface area (Å²) in [7, 11) is 0. The van der Waals surface area contributed by atoms with E-state index >= 15 is 0 Å². The van der Waals surface area contributed by atoms with Gasteiger partial charge >= 0.3 is 5.63 Å². The summed E-state index contributed by atoms with van der Waals surface area (Å²) in [5, 5.41) is 6.73. The maximum atomic E-state index is 12.0. The first kappa shape index (κ1) is 16.9. The van der Waals surface area contributed by atoms with Gasteiger partial charge in [-0.3, -0.25) is 9.78 Å². The maximum absolute atomic E-state index is 12.0. The second-order valence-corrected chi connectivity index (χ2v) is 5.76. The Balaban J connectivity index is 1.54.